The number of nitrogens with two attached hydrogens (primary N) is 1. The van der Waals surface area contributed by atoms with Crippen LogP contribution in [0.3, 0.4) is 0 Å². The Balaban J connectivity index is 1.78. The Labute approximate surface area is 149 Å². The number of hydrogen-bond donors (Lipinski definition) is 2. The van der Waals surface area contributed by atoms with Crippen molar-refractivity contribution in [1.82, 2.24) is 0 Å². The van der Waals surface area contributed by atoms with E-state index < -0.39 is 10.8 Å². The van der Waals surface area contributed by atoms with E-state index in [1.807, 2.05) is 60.7 Å². The molecule has 0 spiro atoms. The van der Waals surface area contributed by atoms with Crippen LogP contribution in [0.25, 0.3) is 0 Å². The molecule has 3 aromatic carbocycles. The third-order valence-corrected chi connectivity index (χ3v) is 5.08. The highest BCUT2D eigenvalue weighted by molar-refractivity contribution is 7.85. The van der Waals surface area contributed by atoms with Gasteiger partial charge in [0, 0.05) is 21.2 Å². The van der Waals surface area contributed by atoms with Crippen LogP contribution in [0, 0.1) is 0 Å². The second kappa shape index (κ2) is 7.77. The minimum atomic E-state index is -1.31. The van der Waals surface area contributed by atoms with Crippen molar-refractivity contribution >= 4 is 28.1 Å². The Morgan fingerprint density at radius 2 is 1.52 bits per heavy atom. The Morgan fingerprint density at radius 3 is 2.20 bits per heavy atom. The predicted molar refractivity (Wildman–Crippen MR) is 101 cm³/mol. The number of amides is 1. The Kier molecular flexibility index (Phi) is 5.26. The number of carbonyl (C=O) groups is 1. The molecule has 1 unspecified atom stereocenters. The van der Waals surface area contributed by atoms with Crippen molar-refractivity contribution in [2.24, 2.45) is 0 Å². The first-order valence-electron chi connectivity index (χ1n) is 7.83. The second-order valence-corrected chi connectivity index (χ2v) is 7.01. The van der Waals surface area contributed by atoms with Crippen LogP contribution in [0.15, 0.2) is 88.7 Å². The average molecular weight is 350 g/mol. The van der Waals surface area contributed by atoms with Gasteiger partial charge in [-0.25, -0.2) is 4.21 Å². The first kappa shape index (κ1) is 16.9. The van der Waals surface area contributed by atoms with E-state index in [0.29, 0.717) is 21.0 Å². The lowest BCUT2D eigenvalue weighted by molar-refractivity contribution is -0.115. The largest absolute Gasteiger partial charge is 0.398 e. The van der Waals surface area contributed by atoms with Crippen LogP contribution in [0.2, 0.25) is 0 Å². The summed E-state index contributed by atoms with van der Waals surface area (Å²) >= 11 is 0. The smallest absolute Gasteiger partial charge is 0.228 e. The van der Waals surface area contributed by atoms with E-state index in [-0.39, 0.29) is 12.3 Å². The highest BCUT2D eigenvalue weighted by Gasteiger charge is 2.12. The van der Waals surface area contributed by atoms with Crippen molar-refractivity contribution in [2.75, 3.05) is 11.1 Å². The molecule has 5 heteroatoms. The molecule has 1 amide bonds. The van der Waals surface area contributed by atoms with Gasteiger partial charge in [0.25, 0.3) is 0 Å². The zero-order chi connectivity index (χ0) is 17.6. The van der Waals surface area contributed by atoms with E-state index in [2.05, 4.69) is 5.32 Å². The molecular weight excluding hydrogens is 332 g/mol. The van der Waals surface area contributed by atoms with E-state index in [4.69, 9.17) is 5.73 Å². The summed E-state index contributed by atoms with van der Waals surface area (Å²) < 4.78 is 12.7. The van der Waals surface area contributed by atoms with E-state index in [1.165, 1.54) is 0 Å². The van der Waals surface area contributed by atoms with Gasteiger partial charge < -0.3 is 11.1 Å². The van der Waals surface area contributed by atoms with Crippen LogP contribution in [0.4, 0.5) is 11.4 Å². The van der Waals surface area contributed by atoms with E-state index in [9.17, 15) is 9.00 Å². The van der Waals surface area contributed by atoms with Gasteiger partial charge in [-0.2, -0.15) is 0 Å². The summed E-state index contributed by atoms with van der Waals surface area (Å²) in [4.78, 5) is 13.6. The van der Waals surface area contributed by atoms with Crippen LogP contribution in [-0.2, 0) is 22.0 Å². The molecule has 4 nitrogen and oxygen atoms in total. The van der Waals surface area contributed by atoms with Crippen molar-refractivity contribution < 1.29 is 9.00 Å². The number of carbonyl (C=O) groups excluding carboxylic acids is 1. The van der Waals surface area contributed by atoms with E-state index in [0.717, 1.165) is 5.69 Å². The van der Waals surface area contributed by atoms with Crippen LogP contribution in [-0.4, -0.2) is 10.1 Å². The maximum atomic E-state index is 12.7. The highest BCUT2D eigenvalue weighted by atomic mass is 32.2. The van der Waals surface area contributed by atoms with Crippen LogP contribution in [0.5, 0.6) is 0 Å². The van der Waals surface area contributed by atoms with Gasteiger partial charge in [0.2, 0.25) is 5.91 Å². The van der Waals surface area contributed by atoms with Crippen LogP contribution < -0.4 is 11.1 Å². The van der Waals surface area contributed by atoms with Crippen molar-refractivity contribution in [1.29, 1.82) is 0 Å². The lowest BCUT2D eigenvalue weighted by Gasteiger charge is -2.10. The highest BCUT2D eigenvalue weighted by Crippen LogP contribution is 2.22. The third-order valence-electron chi connectivity index (χ3n) is 3.69. The molecule has 1 atom stereocenters. The fourth-order valence-electron chi connectivity index (χ4n) is 2.43. The molecule has 0 aliphatic carbocycles. The van der Waals surface area contributed by atoms with Gasteiger partial charge >= 0.3 is 0 Å². The molecule has 0 bridgehead atoms. The first-order valence-corrected chi connectivity index (χ1v) is 8.98. The SMILES string of the molecule is Nc1ccc(S(=O)c2ccccc2)cc1CC(=O)Nc1ccccc1. The molecule has 0 aromatic heterocycles. The molecule has 0 radical (unpaired) electrons. The van der Waals surface area contributed by atoms with Crippen molar-refractivity contribution in [3.63, 3.8) is 0 Å². The van der Waals surface area contributed by atoms with E-state index in [1.54, 1.807) is 18.2 Å². The number of benzene rings is 3. The zero-order valence-electron chi connectivity index (χ0n) is 13.5. The molecule has 0 saturated carbocycles. The quantitative estimate of drug-likeness (QED) is 0.690. The third kappa shape index (κ3) is 4.33. The molecule has 126 valence electrons. The van der Waals surface area contributed by atoms with Gasteiger partial charge in [-0.1, -0.05) is 36.4 Å². The van der Waals surface area contributed by atoms with Gasteiger partial charge in [-0.3, -0.25) is 4.79 Å². The lowest BCUT2D eigenvalue weighted by atomic mass is 10.1. The average Bonchev–Trinajstić information content (AvgIpc) is 2.64. The lowest BCUT2D eigenvalue weighted by Crippen LogP contribution is -2.15. The minimum absolute atomic E-state index is 0.126. The molecule has 3 aromatic rings. The van der Waals surface area contributed by atoms with Crippen molar-refractivity contribution in [2.45, 2.75) is 16.2 Å². The summed E-state index contributed by atoms with van der Waals surface area (Å²) in [6.45, 7) is 0. The fraction of sp³-hybridized carbons (Fsp3) is 0.0500. The number of nitrogens with one attached hydrogen (secondary N) is 1. The molecular formula is C20H18N2O2S. The maximum Gasteiger partial charge on any atom is 0.228 e. The van der Waals surface area contributed by atoms with Gasteiger partial charge in [-0.05, 0) is 48.0 Å². The number of hydrogen-bond acceptors (Lipinski definition) is 3. The van der Waals surface area contributed by atoms with Crippen molar-refractivity contribution in [3.05, 3.63) is 84.4 Å². The number of anilines is 2. The molecule has 3 N–H and O–H groups in total. The summed E-state index contributed by atoms with van der Waals surface area (Å²) in [5.74, 6) is -0.166. The summed E-state index contributed by atoms with van der Waals surface area (Å²) in [5.41, 5.74) is 7.90. The predicted octanol–water partition coefficient (Wildman–Crippen LogP) is 3.62. The molecule has 0 aliphatic heterocycles. The molecule has 0 fully saturated rings. The monoisotopic (exact) mass is 350 g/mol. The molecule has 0 heterocycles. The second-order valence-electron chi connectivity index (χ2n) is 5.53. The molecule has 3 rings (SSSR count). The van der Waals surface area contributed by atoms with Gasteiger partial charge in [-0.15, -0.1) is 0 Å². The van der Waals surface area contributed by atoms with Gasteiger partial charge in [0.1, 0.15) is 0 Å². The summed E-state index contributed by atoms with van der Waals surface area (Å²) in [6, 6.07) is 23.6. The Morgan fingerprint density at radius 1 is 0.880 bits per heavy atom. The Hall–Kier alpha value is -2.92. The normalized spacial score (nSPS) is 11.7. The number of nitrogen functional groups attached to an aromatic ring is 1. The number of rotatable bonds is 5. The van der Waals surface area contributed by atoms with E-state index >= 15 is 0 Å². The Bertz CT molecular complexity index is 896. The van der Waals surface area contributed by atoms with Crippen molar-refractivity contribution in [3.8, 4) is 0 Å². The molecule has 25 heavy (non-hydrogen) atoms. The van der Waals surface area contributed by atoms with Crippen LogP contribution in [0.1, 0.15) is 5.56 Å². The van der Waals surface area contributed by atoms with Gasteiger partial charge in [0.15, 0.2) is 0 Å². The summed E-state index contributed by atoms with van der Waals surface area (Å²) in [7, 11) is -1.31. The maximum absolute atomic E-state index is 12.7. The summed E-state index contributed by atoms with van der Waals surface area (Å²) in [5, 5.41) is 2.83. The zero-order valence-corrected chi connectivity index (χ0v) is 14.3. The molecule has 0 aliphatic rings. The fourth-order valence-corrected chi connectivity index (χ4v) is 3.55. The standard InChI is InChI=1S/C20H18N2O2S/c21-19-12-11-18(25(24)17-9-5-2-6-10-17)13-15(19)14-20(23)22-16-7-3-1-4-8-16/h1-13H,14,21H2,(H,22,23). The summed E-state index contributed by atoms with van der Waals surface area (Å²) in [6.07, 6.45) is 0.126. The first-order chi connectivity index (χ1) is 12.1. The van der Waals surface area contributed by atoms with Crippen LogP contribution >= 0.6 is 0 Å². The van der Waals surface area contributed by atoms with Gasteiger partial charge in [0.05, 0.1) is 17.2 Å². The minimum Gasteiger partial charge on any atom is -0.398 e. The topological polar surface area (TPSA) is 72.2 Å². The molecule has 0 saturated heterocycles. The number of para-hydroxylation sites is 1.